The Balaban J connectivity index is 1.93. The summed E-state index contributed by atoms with van der Waals surface area (Å²) in [6, 6.07) is 14.4. The van der Waals surface area contributed by atoms with Crippen LogP contribution in [0.4, 0.5) is 0 Å². The molecule has 0 aliphatic carbocycles. The smallest absolute Gasteiger partial charge is 0.333 e. The molecule has 1 N–H and O–H groups in total. The highest BCUT2D eigenvalue weighted by atomic mass is 16.5. The van der Waals surface area contributed by atoms with Crippen molar-refractivity contribution in [2.45, 2.75) is 6.04 Å². The van der Waals surface area contributed by atoms with Gasteiger partial charge in [-0.2, -0.15) is 4.73 Å². The van der Waals surface area contributed by atoms with E-state index in [1.165, 1.54) is 7.11 Å². The Morgan fingerprint density at radius 2 is 1.80 bits per heavy atom. The van der Waals surface area contributed by atoms with Gasteiger partial charge in [-0.05, 0) is 11.6 Å². The Hall–Kier alpha value is -3.48. The van der Waals surface area contributed by atoms with Gasteiger partial charge < -0.3 is 15.3 Å². The molecule has 1 aromatic heterocycles. The number of methoxy groups -OCH3 is 1. The van der Waals surface area contributed by atoms with Crippen LogP contribution >= 0.6 is 0 Å². The predicted octanol–water partition coefficient (Wildman–Crippen LogP) is 1.51. The van der Waals surface area contributed by atoms with E-state index in [9.17, 15) is 14.8 Å². The number of ether oxygens (including phenoxy) is 1. The maximum absolute atomic E-state index is 12.5. The SMILES string of the molecule is COC(=O)[C@@H](NC(=O)c1c[n+]([O-])c2ccccc2n1)c1ccccc1. The van der Waals surface area contributed by atoms with E-state index < -0.39 is 17.9 Å². The number of carbonyl (C=O) groups excluding carboxylic acids is 2. The molecule has 2 aromatic carbocycles. The molecule has 0 bridgehead atoms. The molecule has 7 nitrogen and oxygen atoms in total. The van der Waals surface area contributed by atoms with Crippen LogP contribution in [0.25, 0.3) is 11.0 Å². The zero-order chi connectivity index (χ0) is 17.8. The van der Waals surface area contributed by atoms with Crippen molar-refractivity contribution >= 4 is 22.9 Å². The number of hydrogen-bond donors (Lipinski definition) is 1. The minimum absolute atomic E-state index is 0.0847. The van der Waals surface area contributed by atoms with Crippen LogP contribution in [0.1, 0.15) is 22.1 Å². The van der Waals surface area contributed by atoms with Crippen LogP contribution in [-0.4, -0.2) is 24.0 Å². The highest BCUT2D eigenvalue weighted by Crippen LogP contribution is 2.15. The number of nitrogens with zero attached hydrogens (tertiary/aromatic N) is 2. The third-order valence-corrected chi connectivity index (χ3v) is 3.68. The number of para-hydroxylation sites is 2. The van der Waals surface area contributed by atoms with Crippen molar-refractivity contribution in [2.75, 3.05) is 7.11 Å². The summed E-state index contributed by atoms with van der Waals surface area (Å²) >= 11 is 0. The van der Waals surface area contributed by atoms with Gasteiger partial charge >= 0.3 is 5.97 Å². The van der Waals surface area contributed by atoms with Gasteiger partial charge in [0, 0.05) is 6.07 Å². The van der Waals surface area contributed by atoms with E-state index in [4.69, 9.17) is 4.74 Å². The van der Waals surface area contributed by atoms with Crippen molar-refractivity contribution in [3.8, 4) is 0 Å². The first-order chi connectivity index (χ1) is 12.1. The lowest BCUT2D eigenvalue weighted by Crippen LogP contribution is -2.37. The zero-order valence-electron chi connectivity index (χ0n) is 13.4. The van der Waals surface area contributed by atoms with E-state index in [0.29, 0.717) is 21.3 Å². The number of nitrogens with one attached hydrogen (secondary N) is 1. The van der Waals surface area contributed by atoms with Crippen LogP contribution in [-0.2, 0) is 9.53 Å². The van der Waals surface area contributed by atoms with E-state index in [1.54, 1.807) is 54.6 Å². The summed E-state index contributed by atoms with van der Waals surface area (Å²) in [5.74, 6) is -1.26. The Kier molecular flexibility index (Phi) is 4.56. The fourth-order valence-corrected chi connectivity index (χ4v) is 2.44. The lowest BCUT2D eigenvalue weighted by molar-refractivity contribution is -0.577. The van der Waals surface area contributed by atoms with Gasteiger partial charge in [-0.3, -0.25) is 4.79 Å². The van der Waals surface area contributed by atoms with Crippen molar-refractivity contribution in [3.05, 3.63) is 77.3 Å². The molecule has 3 aromatic rings. The predicted molar refractivity (Wildman–Crippen MR) is 89.4 cm³/mol. The number of amides is 1. The molecular weight excluding hydrogens is 322 g/mol. The molecule has 1 heterocycles. The molecule has 0 aliphatic rings. The third kappa shape index (κ3) is 3.40. The molecule has 126 valence electrons. The summed E-state index contributed by atoms with van der Waals surface area (Å²) < 4.78 is 5.33. The third-order valence-electron chi connectivity index (χ3n) is 3.68. The first kappa shape index (κ1) is 16.4. The summed E-state index contributed by atoms with van der Waals surface area (Å²) in [6.07, 6.45) is 1.08. The molecule has 3 rings (SSSR count). The molecular formula is C18H15N3O4. The average molecular weight is 337 g/mol. The van der Waals surface area contributed by atoms with Crippen LogP contribution in [0.3, 0.4) is 0 Å². The average Bonchev–Trinajstić information content (AvgIpc) is 2.66. The van der Waals surface area contributed by atoms with Crippen molar-refractivity contribution < 1.29 is 19.1 Å². The maximum atomic E-state index is 12.5. The minimum Gasteiger partial charge on any atom is -0.618 e. The van der Waals surface area contributed by atoms with Crippen molar-refractivity contribution in [1.29, 1.82) is 0 Å². The van der Waals surface area contributed by atoms with E-state index in [2.05, 4.69) is 10.3 Å². The van der Waals surface area contributed by atoms with Gasteiger partial charge in [0.25, 0.3) is 5.91 Å². The second-order valence-electron chi connectivity index (χ2n) is 5.28. The molecule has 0 fully saturated rings. The molecule has 0 unspecified atom stereocenters. The van der Waals surface area contributed by atoms with Gasteiger partial charge in [0.05, 0.1) is 7.11 Å². The molecule has 0 saturated heterocycles. The number of fused-ring (bicyclic) bond motifs is 1. The van der Waals surface area contributed by atoms with Crippen LogP contribution in [0.2, 0.25) is 0 Å². The second-order valence-corrected chi connectivity index (χ2v) is 5.28. The number of aromatic nitrogens is 2. The Labute approximate surface area is 143 Å². The zero-order valence-corrected chi connectivity index (χ0v) is 13.4. The summed E-state index contributed by atoms with van der Waals surface area (Å²) in [4.78, 5) is 28.7. The van der Waals surface area contributed by atoms with Gasteiger partial charge in [0.15, 0.2) is 11.7 Å². The molecule has 1 amide bonds. The van der Waals surface area contributed by atoms with E-state index in [-0.39, 0.29) is 5.69 Å². The van der Waals surface area contributed by atoms with Crippen molar-refractivity contribution in [3.63, 3.8) is 0 Å². The first-order valence-corrected chi connectivity index (χ1v) is 7.52. The number of carbonyl (C=O) groups is 2. The lowest BCUT2D eigenvalue weighted by atomic mass is 10.1. The van der Waals surface area contributed by atoms with E-state index in [1.807, 2.05) is 0 Å². The largest absolute Gasteiger partial charge is 0.618 e. The molecule has 0 spiro atoms. The molecule has 1 atom stereocenters. The van der Waals surface area contributed by atoms with Gasteiger partial charge in [0.2, 0.25) is 11.7 Å². The summed E-state index contributed by atoms with van der Waals surface area (Å²) in [6.45, 7) is 0. The topological polar surface area (TPSA) is 95.2 Å². The van der Waals surface area contributed by atoms with Gasteiger partial charge in [-0.15, -0.1) is 0 Å². The van der Waals surface area contributed by atoms with Gasteiger partial charge in [0.1, 0.15) is 5.52 Å². The number of hydrogen-bond acceptors (Lipinski definition) is 5. The highest BCUT2D eigenvalue weighted by Gasteiger charge is 2.25. The standard InChI is InChI=1S/C18H15N3O4/c1-25-18(23)16(12-7-3-2-4-8-12)20-17(22)14-11-21(24)15-10-6-5-9-13(15)19-14/h2-11,16H,1H3,(H,20,22)/t16-/m0/s1. The Morgan fingerprint density at radius 1 is 1.12 bits per heavy atom. The normalized spacial score (nSPS) is 11.7. The quantitative estimate of drug-likeness (QED) is 0.442. The van der Waals surface area contributed by atoms with Crippen molar-refractivity contribution in [2.24, 2.45) is 0 Å². The van der Waals surface area contributed by atoms with Gasteiger partial charge in [-0.25, -0.2) is 9.78 Å². The van der Waals surface area contributed by atoms with Crippen molar-refractivity contribution in [1.82, 2.24) is 10.3 Å². The second kappa shape index (κ2) is 6.96. The highest BCUT2D eigenvalue weighted by molar-refractivity contribution is 5.96. The van der Waals surface area contributed by atoms with Crippen LogP contribution in [0.15, 0.2) is 60.8 Å². The fourth-order valence-electron chi connectivity index (χ4n) is 2.44. The molecule has 0 aliphatic heterocycles. The molecule has 0 radical (unpaired) electrons. The molecule has 0 saturated carbocycles. The number of rotatable bonds is 4. The minimum atomic E-state index is -0.993. The number of benzene rings is 2. The Morgan fingerprint density at radius 3 is 2.52 bits per heavy atom. The van der Waals surface area contributed by atoms with E-state index >= 15 is 0 Å². The molecule has 25 heavy (non-hydrogen) atoms. The van der Waals surface area contributed by atoms with Crippen LogP contribution in [0, 0.1) is 5.21 Å². The monoisotopic (exact) mass is 337 g/mol. The summed E-state index contributed by atoms with van der Waals surface area (Å²) in [7, 11) is 1.24. The lowest BCUT2D eigenvalue weighted by Gasteiger charge is -2.16. The first-order valence-electron chi connectivity index (χ1n) is 7.52. The maximum Gasteiger partial charge on any atom is 0.333 e. The Bertz CT molecular complexity index is 928. The summed E-state index contributed by atoms with van der Waals surface area (Å²) in [5, 5.41) is 14.6. The number of esters is 1. The van der Waals surface area contributed by atoms with Gasteiger partial charge in [-0.1, -0.05) is 42.5 Å². The summed E-state index contributed by atoms with van der Waals surface area (Å²) in [5.41, 5.74) is 1.23. The van der Waals surface area contributed by atoms with E-state index in [0.717, 1.165) is 6.20 Å². The van der Waals surface area contributed by atoms with Crippen LogP contribution in [0.5, 0.6) is 0 Å². The fraction of sp³-hybridized carbons (Fsp3) is 0.111. The van der Waals surface area contributed by atoms with Crippen LogP contribution < -0.4 is 10.0 Å². The molecule has 7 heteroatoms.